The van der Waals surface area contributed by atoms with Crippen LogP contribution in [0.2, 0.25) is 0 Å². The molecular formula is C22H22F2N2O2. The third-order valence-electron chi connectivity index (χ3n) is 5.35. The Hall–Kier alpha value is -2.76. The van der Waals surface area contributed by atoms with Crippen molar-refractivity contribution in [3.63, 3.8) is 0 Å². The summed E-state index contributed by atoms with van der Waals surface area (Å²) in [7, 11) is 0. The Morgan fingerprint density at radius 2 is 1.79 bits per heavy atom. The normalized spacial score (nSPS) is 20.3. The van der Waals surface area contributed by atoms with Gasteiger partial charge in [0.15, 0.2) is 0 Å². The monoisotopic (exact) mass is 384 g/mol. The van der Waals surface area contributed by atoms with Crippen LogP contribution in [-0.2, 0) is 10.7 Å². The zero-order valence-electron chi connectivity index (χ0n) is 15.6. The zero-order chi connectivity index (χ0) is 19.9. The maximum atomic E-state index is 13.6. The first-order chi connectivity index (χ1) is 13.3. The zero-order valence-corrected chi connectivity index (χ0v) is 15.6. The Labute approximate surface area is 161 Å². The highest BCUT2D eigenvalue weighted by Gasteiger charge is 2.27. The number of aromatic nitrogens is 1. The molecule has 1 amide bonds. The van der Waals surface area contributed by atoms with Crippen LogP contribution in [0.1, 0.15) is 60.9 Å². The smallest absolute Gasteiger partial charge is 0.270 e. The minimum absolute atomic E-state index is 0.0147. The van der Waals surface area contributed by atoms with Crippen LogP contribution in [0.25, 0.3) is 5.57 Å². The van der Waals surface area contributed by atoms with Gasteiger partial charge in [-0.2, -0.15) is 0 Å². The molecule has 1 aromatic heterocycles. The Kier molecular flexibility index (Phi) is 4.65. The van der Waals surface area contributed by atoms with Crippen molar-refractivity contribution in [2.45, 2.75) is 50.5 Å². The van der Waals surface area contributed by atoms with Crippen molar-refractivity contribution in [1.82, 2.24) is 10.3 Å². The number of nitrogens with one attached hydrogen (secondary N) is 2. The van der Waals surface area contributed by atoms with Crippen LogP contribution in [0.15, 0.2) is 47.3 Å². The van der Waals surface area contributed by atoms with Gasteiger partial charge in [0.1, 0.15) is 0 Å². The number of carbonyl (C=O) groups excluding carboxylic acids is 1. The first-order valence-electron chi connectivity index (χ1n) is 9.55. The molecule has 0 spiro atoms. The Bertz CT molecular complexity index is 983. The van der Waals surface area contributed by atoms with Gasteiger partial charge in [-0.15, -0.1) is 0 Å². The van der Waals surface area contributed by atoms with Crippen LogP contribution in [0.3, 0.4) is 0 Å². The third kappa shape index (κ3) is 3.91. The number of benzene rings is 1. The van der Waals surface area contributed by atoms with E-state index in [0.717, 1.165) is 30.9 Å². The summed E-state index contributed by atoms with van der Waals surface area (Å²) in [4.78, 5) is 27.0. The largest absolute Gasteiger partial charge is 0.350 e. The predicted molar refractivity (Wildman–Crippen MR) is 103 cm³/mol. The molecule has 1 aromatic carbocycles. The molecule has 2 fully saturated rings. The summed E-state index contributed by atoms with van der Waals surface area (Å²) in [5, 5.41) is 2.89. The topological polar surface area (TPSA) is 62.0 Å². The molecule has 2 aliphatic rings. The van der Waals surface area contributed by atoms with E-state index in [0.29, 0.717) is 30.0 Å². The SMILES string of the molecule is CC(F)(F)c1ccc(/C(=C/C2CCC(=O)N2)c2ccc(C3CC3)c(=O)[nH]2)cc1. The van der Waals surface area contributed by atoms with Crippen LogP contribution in [0.5, 0.6) is 0 Å². The first-order valence-corrected chi connectivity index (χ1v) is 9.55. The molecule has 2 N–H and O–H groups in total. The number of pyridine rings is 1. The van der Waals surface area contributed by atoms with Gasteiger partial charge in [-0.05, 0) is 36.8 Å². The first kappa shape index (κ1) is 18.6. The number of H-pyrrole nitrogens is 1. The lowest BCUT2D eigenvalue weighted by atomic mass is 9.96. The van der Waals surface area contributed by atoms with Crippen molar-refractivity contribution in [3.8, 4) is 0 Å². The van der Waals surface area contributed by atoms with Gasteiger partial charge >= 0.3 is 0 Å². The molecule has 6 heteroatoms. The van der Waals surface area contributed by atoms with E-state index in [4.69, 9.17) is 0 Å². The average molecular weight is 384 g/mol. The maximum absolute atomic E-state index is 13.6. The van der Waals surface area contributed by atoms with Crippen LogP contribution >= 0.6 is 0 Å². The highest BCUT2D eigenvalue weighted by molar-refractivity contribution is 5.82. The second kappa shape index (κ2) is 7.00. The number of aromatic amines is 1. The van der Waals surface area contributed by atoms with Gasteiger partial charge in [-0.1, -0.05) is 36.4 Å². The summed E-state index contributed by atoms with van der Waals surface area (Å²) in [5.41, 5.74) is 2.66. The number of carbonyl (C=O) groups is 1. The van der Waals surface area contributed by atoms with Crippen LogP contribution in [0, 0.1) is 0 Å². The molecular weight excluding hydrogens is 362 g/mol. The van der Waals surface area contributed by atoms with Crippen molar-refractivity contribution in [1.29, 1.82) is 0 Å². The molecule has 1 aliphatic carbocycles. The highest BCUT2D eigenvalue weighted by atomic mass is 19.3. The fraction of sp³-hybridized carbons (Fsp3) is 0.364. The van der Waals surface area contributed by atoms with Gasteiger partial charge in [-0.3, -0.25) is 9.59 Å². The lowest BCUT2D eigenvalue weighted by Gasteiger charge is -2.15. The minimum atomic E-state index is -2.91. The van der Waals surface area contributed by atoms with Crippen LogP contribution in [0.4, 0.5) is 8.78 Å². The van der Waals surface area contributed by atoms with E-state index in [1.54, 1.807) is 12.1 Å². The number of hydrogen-bond donors (Lipinski definition) is 2. The van der Waals surface area contributed by atoms with Gasteiger partial charge < -0.3 is 10.3 Å². The fourth-order valence-corrected chi connectivity index (χ4v) is 3.61. The van der Waals surface area contributed by atoms with Crippen molar-refractivity contribution in [3.05, 3.63) is 75.2 Å². The third-order valence-corrected chi connectivity index (χ3v) is 5.35. The summed E-state index contributed by atoms with van der Waals surface area (Å²) in [6.07, 6.45) is 5.08. The number of amides is 1. The molecule has 2 aromatic rings. The number of rotatable bonds is 5. The Balaban J connectivity index is 1.74. The molecule has 146 valence electrons. The molecule has 0 bridgehead atoms. The van der Waals surface area contributed by atoms with E-state index in [1.807, 2.05) is 18.2 Å². The second-order valence-corrected chi connectivity index (χ2v) is 7.69. The van der Waals surface area contributed by atoms with Crippen LogP contribution < -0.4 is 10.9 Å². The van der Waals surface area contributed by atoms with Crippen molar-refractivity contribution in [2.24, 2.45) is 0 Å². The van der Waals surface area contributed by atoms with Crippen molar-refractivity contribution < 1.29 is 13.6 Å². The maximum Gasteiger partial charge on any atom is 0.270 e. The van der Waals surface area contributed by atoms with Gasteiger partial charge in [0.25, 0.3) is 11.5 Å². The van der Waals surface area contributed by atoms with E-state index >= 15 is 0 Å². The minimum Gasteiger partial charge on any atom is -0.350 e. The quantitative estimate of drug-likeness (QED) is 0.816. The van der Waals surface area contributed by atoms with Gasteiger partial charge in [-0.25, -0.2) is 8.78 Å². The molecule has 28 heavy (non-hydrogen) atoms. The van der Waals surface area contributed by atoms with Gasteiger partial charge in [0.05, 0.1) is 0 Å². The number of alkyl halides is 2. The van der Waals surface area contributed by atoms with Gasteiger partial charge in [0, 0.05) is 41.8 Å². The Morgan fingerprint density at radius 1 is 1.07 bits per heavy atom. The van der Waals surface area contributed by atoms with E-state index in [2.05, 4.69) is 10.3 Å². The molecule has 1 saturated carbocycles. The number of hydrogen-bond acceptors (Lipinski definition) is 2. The molecule has 1 unspecified atom stereocenters. The fourth-order valence-electron chi connectivity index (χ4n) is 3.61. The standard InChI is InChI=1S/C22H22F2N2O2/c1-22(23,24)15-6-4-14(5-7-15)18(12-16-8-11-20(27)25-16)19-10-9-17(13-2-3-13)21(28)26-19/h4-7,9-10,12-13,16H,2-3,8,11H2,1H3,(H,25,27)(H,26,28)/b18-12-. The second-order valence-electron chi connectivity index (χ2n) is 7.69. The summed E-state index contributed by atoms with van der Waals surface area (Å²) in [5.74, 6) is -2.59. The van der Waals surface area contributed by atoms with Crippen LogP contribution in [-0.4, -0.2) is 16.9 Å². The summed E-state index contributed by atoms with van der Waals surface area (Å²) in [6.45, 7) is 0.862. The molecule has 1 aliphatic heterocycles. The average Bonchev–Trinajstić information content (AvgIpc) is 3.40. The summed E-state index contributed by atoms with van der Waals surface area (Å²) >= 11 is 0. The highest BCUT2D eigenvalue weighted by Crippen LogP contribution is 2.38. The molecule has 4 nitrogen and oxygen atoms in total. The summed E-state index contributed by atoms with van der Waals surface area (Å²) in [6, 6.07) is 9.61. The van der Waals surface area contributed by atoms with Crippen molar-refractivity contribution >= 4 is 11.5 Å². The lowest BCUT2D eigenvalue weighted by Crippen LogP contribution is -2.23. The Morgan fingerprint density at radius 3 is 2.32 bits per heavy atom. The molecule has 1 atom stereocenters. The lowest BCUT2D eigenvalue weighted by molar-refractivity contribution is -0.119. The molecule has 0 radical (unpaired) electrons. The molecule has 1 saturated heterocycles. The van der Waals surface area contributed by atoms with E-state index < -0.39 is 5.92 Å². The van der Waals surface area contributed by atoms with Gasteiger partial charge in [0.2, 0.25) is 5.91 Å². The summed E-state index contributed by atoms with van der Waals surface area (Å²) < 4.78 is 27.1. The van der Waals surface area contributed by atoms with E-state index in [1.165, 1.54) is 12.1 Å². The molecule has 2 heterocycles. The van der Waals surface area contributed by atoms with E-state index in [-0.39, 0.29) is 23.1 Å². The van der Waals surface area contributed by atoms with E-state index in [9.17, 15) is 18.4 Å². The molecule has 4 rings (SSSR count). The predicted octanol–water partition coefficient (Wildman–Crippen LogP) is 4.07. The number of halogens is 2. The van der Waals surface area contributed by atoms with Crippen molar-refractivity contribution in [2.75, 3.05) is 0 Å².